The third kappa shape index (κ3) is 5.37. The van der Waals surface area contributed by atoms with Crippen molar-refractivity contribution in [3.8, 4) is 16.3 Å². The summed E-state index contributed by atoms with van der Waals surface area (Å²) >= 11 is 9.52. The summed E-state index contributed by atoms with van der Waals surface area (Å²) in [6.45, 7) is 2.64. The van der Waals surface area contributed by atoms with E-state index in [-0.39, 0.29) is 29.4 Å². The molecule has 196 valence electrons. The molecule has 1 atom stereocenters. The van der Waals surface area contributed by atoms with Gasteiger partial charge in [-0.25, -0.2) is 4.68 Å². The first-order valence-electron chi connectivity index (χ1n) is 12.1. The molecule has 1 N–H and O–H groups in total. The van der Waals surface area contributed by atoms with Gasteiger partial charge in [-0.2, -0.15) is 5.10 Å². The highest BCUT2D eigenvalue weighted by Crippen LogP contribution is 2.49. The number of aryl methyl sites for hydroxylation is 1. The fourth-order valence-electron chi connectivity index (χ4n) is 4.51. The lowest BCUT2D eigenvalue weighted by atomic mass is 10.0. The normalized spacial score (nSPS) is 15.3. The van der Waals surface area contributed by atoms with Crippen LogP contribution >= 0.6 is 34.7 Å². The van der Waals surface area contributed by atoms with E-state index in [1.807, 2.05) is 77.6 Å². The summed E-state index contributed by atoms with van der Waals surface area (Å²) in [5.41, 5.74) is 4.50. The molecule has 0 saturated heterocycles. The molecule has 0 radical (unpaired) electrons. The highest BCUT2D eigenvalue weighted by molar-refractivity contribution is 8.00. The number of nitrogens with zero attached hydrogens (tertiary/aromatic N) is 3. The number of hydrogen-bond donors (Lipinski definition) is 1. The van der Waals surface area contributed by atoms with Gasteiger partial charge < -0.3 is 10.1 Å². The Bertz CT molecular complexity index is 1450. The zero-order chi connectivity index (χ0) is 26.6. The highest BCUT2D eigenvalue weighted by Gasteiger charge is 2.38. The van der Waals surface area contributed by atoms with Gasteiger partial charge in [-0.15, -0.1) is 23.1 Å². The minimum atomic E-state index is -0.261. The van der Waals surface area contributed by atoms with E-state index in [4.69, 9.17) is 21.4 Å². The zero-order valence-corrected chi connectivity index (χ0v) is 23.4. The number of benzene rings is 2. The Morgan fingerprint density at radius 2 is 2.03 bits per heavy atom. The van der Waals surface area contributed by atoms with Gasteiger partial charge in [-0.1, -0.05) is 48.0 Å². The summed E-state index contributed by atoms with van der Waals surface area (Å²) in [5.74, 6) is 0.386. The number of halogens is 1. The fraction of sp³-hybridized carbons (Fsp3) is 0.250. The molecule has 7 nitrogen and oxygen atoms in total. The number of rotatable bonds is 8. The Morgan fingerprint density at radius 1 is 1.18 bits per heavy atom. The molecule has 2 aromatic heterocycles. The molecule has 4 aromatic rings. The number of amides is 2. The van der Waals surface area contributed by atoms with Crippen molar-refractivity contribution >= 4 is 52.3 Å². The number of carbonyl (C=O) groups is 2. The minimum Gasteiger partial charge on any atom is -0.383 e. The number of anilines is 1. The minimum absolute atomic E-state index is 0.125. The number of thiophene rings is 1. The number of carbonyl (C=O) groups excluding carboxylic acids is 2. The largest absolute Gasteiger partial charge is 0.383 e. The number of nitrogens with one attached hydrogen (secondary N) is 1. The van der Waals surface area contributed by atoms with Gasteiger partial charge in [-0.3, -0.25) is 14.5 Å². The molecule has 0 bridgehead atoms. The Labute approximate surface area is 234 Å². The molecule has 38 heavy (non-hydrogen) atoms. The van der Waals surface area contributed by atoms with Crippen LogP contribution in [-0.2, 0) is 14.3 Å². The van der Waals surface area contributed by atoms with Crippen molar-refractivity contribution in [2.24, 2.45) is 0 Å². The van der Waals surface area contributed by atoms with Crippen molar-refractivity contribution in [1.29, 1.82) is 0 Å². The standard InChI is InChI=1S/C28H27ClN4O3S2/c1-18-7-3-4-10-21(18)33-28-25(26(31-33)22-11-6-14-37-22)27(19-8-5-9-20(29)15-19)38-17-24(35)32(28)16-23(34)30-12-13-36-2/h3-11,14-15,27H,12-13,16-17H2,1-2H3,(H,30,34). The summed E-state index contributed by atoms with van der Waals surface area (Å²) in [7, 11) is 1.58. The molecule has 0 saturated carbocycles. The molecule has 1 aliphatic heterocycles. The highest BCUT2D eigenvalue weighted by atomic mass is 35.5. The molecule has 5 rings (SSSR count). The number of aromatic nitrogens is 2. The second kappa shape index (κ2) is 11.7. The lowest BCUT2D eigenvalue weighted by Crippen LogP contribution is -2.43. The van der Waals surface area contributed by atoms with E-state index in [1.54, 1.807) is 23.3 Å². The zero-order valence-electron chi connectivity index (χ0n) is 21.0. The predicted octanol–water partition coefficient (Wildman–Crippen LogP) is 5.49. The predicted molar refractivity (Wildman–Crippen MR) is 155 cm³/mol. The number of hydrogen-bond acceptors (Lipinski definition) is 6. The Hall–Kier alpha value is -3.11. The molecule has 1 unspecified atom stereocenters. The summed E-state index contributed by atoms with van der Waals surface area (Å²) in [6.07, 6.45) is 0. The second-order valence-corrected chi connectivity index (χ2v) is 11.3. The van der Waals surface area contributed by atoms with Crippen LogP contribution in [0.15, 0.2) is 66.0 Å². The molecule has 10 heteroatoms. The Balaban J connectivity index is 1.75. The van der Waals surface area contributed by atoms with Crippen LogP contribution in [-0.4, -0.2) is 54.2 Å². The van der Waals surface area contributed by atoms with Gasteiger partial charge in [-0.05, 0) is 47.7 Å². The van der Waals surface area contributed by atoms with Gasteiger partial charge in [0, 0.05) is 24.2 Å². The molecule has 2 aromatic carbocycles. The molecular weight excluding hydrogens is 540 g/mol. The van der Waals surface area contributed by atoms with Gasteiger partial charge in [0.05, 0.1) is 28.2 Å². The van der Waals surface area contributed by atoms with Crippen molar-refractivity contribution in [2.45, 2.75) is 12.2 Å². The van der Waals surface area contributed by atoms with Gasteiger partial charge >= 0.3 is 0 Å². The molecule has 0 aliphatic carbocycles. The monoisotopic (exact) mass is 566 g/mol. The average Bonchev–Trinajstić information content (AvgIpc) is 3.54. The van der Waals surface area contributed by atoms with Crippen LogP contribution in [0.25, 0.3) is 16.3 Å². The molecule has 1 aliphatic rings. The van der Waals surface area contributed by atoms with Crippen LogP contribution in [0.1, 0.15) is 21.9 Å². The maximum absolute atomic E-state index is 13.7. The van der Waals surface area contributed by atoms with Crippen LogP contribution in [0.3, 0.4) is 0 Å². The van der Waals surface area contributed by atoms with Crippen molar-refractivity contribution in [3.05, 3.63) is 87.8 Å². The molecule has 2 amide bonds. The molecule has 0 spiro atoms. The Morgan fingerprint density at radius 3 is 2.76 bits per heavy atom. The first-order chi connectivity index (χ1) is 18.5. The lowest BCUT2D eigenvalue weighted by molar-refractivity contribution is -0.123. The number of methoxy groups -OCH3 is 1. The van der Waals surface area contributed by atoms with Crippen LogP contribution in [0.2, 0.25) is 5.02 Å². The van der Waals surface area contributed by atoms with Crippen molar-refractivity contribution in [1.82, 2.24) is 15.1 Å². The van der Waals surface area contributed by atoms with E-state index in [2.05, 4.69) is 5.32 Å². The second-order valence-electron chi connectivity index (χ2n) is 8.83. The summed E-state index contributed by atoms with van der Waals surface area (Å²) in [5, 5.41) is 10.4. The third-order valence-corrected chi connectivity index (χ3v) is 8.64. The number of para-hydroxylation sites is 1. The molecule has 3 heterocycles. The van der Waals surface area contributed by atoms with E-state index in [0.717, 1.165) is 32.9 Å². The smallest absolute Gasteiger partial charge is 0.240 e. The van der Waals surface area contributed by atoms with Crippen LogP contribution in [0, 0.1) is 6.92 Å². The van der Waals surface area contributed by atoms with E-state index in [1.165, 1.54) is 11.8 Å². The fourth-order valence-corrected chi connectivity index (χ4v) is 6.62. The van der Waals surface area contributed by atoms with E-state index >= 15 is 0 Å². The number of ether oxygens (including phenoxy) is 1. The van der Waals surface area contributed by atoms with Gasteiger partial charge in [0.25, 0.3) is 0 Å². The first-order valence-corrected chi connectivity index (χ1v) is 14.4. The van der Waals surface area contributed by atoms with Crippen LogP contribution in [0.5, 0.6) is 0 Å². The maximum Gasteiger partial charge on any atom is 0.240 e. The lowest BCUT2D eigenvalue weighted by Gasteiger charge is -2.23. The van der Waals surface area contributed by atoms with E-state index in [9.17, 15) is 9.59 Å². The van der Waals surface area contributed by atoms with Crippen LogP contribution in [0.4, 0.5) is 5.82 Å². The SMILES string of the molecule is COCCNC(=O)CN1C(=O)CSC(c2cccc(Cl)c2)c2c(-c3cccs3)nn(-c3ccccc3C)c21. The summed E-state index contributed by atoms with van der Waals surface area (Å²) < 4.78 is 6.89. The van der Waals surface area contributed by atoms with Crippen molar-refractivity contribution < 1.29 is 14.3 Å². The van der Waals surface area contributed by atoms with Crippen LogP contribution < -0.4 is 10.2 Å². The summed E-state index contributed by atoms with van der Waals surface area (Å²) in [4.78, 5) is 29.2. The quantitative estimate of drug-likeness (QED) is 0.285. The third-order valence-electron chi connectivity index (χ3n) is 6.27. The van der Waals surface area contributed by atoms with Crippen molar-refractivity contribution in [3.63, 3.8) is 0 Å². The summed E-state index contributed by atoms with van der Waals surface area (Å²) in [6, 6.07) is 19.6. The first kappa shape index (κ1) is 26.5. The average molecular weight is 567 g/mol. The van der Waals surface area contributed by atoms with E-state index in [0.29, 0.717) is 24.0 Å². The molecular formula is C28H27ClN4O3S2. The number of thioether (sulfide) groups is 1. The van der Waals surface area contributed by atoms with Gasteiger partial charge in [0.1, 0.15) is 18.1 Å². The van der Waals surface area contributed by atoms with Gasteiger partial charge in [0.2, 0.25) is 11.8 Å². The Kier molecular flexibility index (Phi) is 8.18. The molecule has 0 fully saturated rings. The number of fused-ring (bicyclic) bond motifs is 1. The topological polar surface area (TPSA) is 76.5 Å². The maximum atomic E-state index is 13.7. The van der Waals surface area contributed by atoms with E-state index < -0.39 is 0 Å². The van der Waals surface area contributed by atoms with Gasteiger partial charge in [0.15, 0.2) is 0 Å². The van der Waals surface area contributed by atoms with Crippen molar-refractivity contribution in [2.75, 3.05) is 37.5 Å².